The molecule has 2 saturated heterocycles. The van der Waals surface area contributed by atoms with Gasteiger partial charge in [0.15, 0.2) is 0 Å². The number of aromatic nitrogens is 1. The van der Waals surface area contributed by atoms with E-state index in [0.29, 0.717) is 63.1 Å². The predicted molar refractivity (Wildman–Crippen MR) is 133 cm³/mol. The van der Waals surface area contributed by atoms with Crippen LogP contribution >= 0.6 is 0 Å². The molecule has 1 N–H and O–H groups in total. The highest BCUT2D eigenvalue weighted by Gasteiger charge is 2.39. The molecular formula is C27H29F3N4O4. The van der Waals surface area contributed by atoms with Gasteiger partial charge in [-0.25, -0.2) is 4.79 Å². The van der Waals surface area contributed by atoms with Crippen LogP contribution in [0.1, 0.15) is 29.7 Å². The minimum absolute atomic E-state index is 0.0254. The lowest BCUT2D eigenvalue weighted by molar-refractivity contribution is -0.274. The maximum Gasteiger partial charge on any atom is 0.573 e. The van der Waals surface area contributed by atoms with E-state index in [0.717, 1.165) is 24.1 Å². The molecule has 2 aromatic rings. The molecule has 3 amide bonds. The summed E-state index contributed by atoms with van der Waals surface area (Å²) in [6.07, 6.45) is 0.526. The molecule has 0 spiro atoms. The van der Waals surface area contributed by atoms with E-state index in [4.69, 9.17) is 0 Å². The van der Waals surface area contributed by atoms with Crippen molar-refractivity contribution >= 4 is 18.0 Å². The van der Waals surface area contributed by atoms with Gasteiger partial charge in [0.2, 0.25) is 11.5 Å². The van der Waals surface area contributed by atoms with Crippen molar-refractivity contribution in [3.63, 3.8) is 0 Å². The first-order valence-corrected chi connectivity index (χ1v) is 12.7. The first-order valence-electron chi connectivity index (χ1n) is 12.7. The lowest BCUT2D eigenvalue weighted by Gasteiger charge is -2.32. The number of carbonyl (C=O) groups is 2. The SMILES string of the molecule is O=C(C=Cc1ccc(OC(F)(F)F)cc1)N1CC[C@@H]2CN(C(=O)N3CCc4[nH]c(=O)ccc4C3)C[C@@H]2CC1. The number of aromatic amines is 1. The third kappa shape index (κ3) is 6.03. The van der Waals surface area contributed by atoms with Crippen LogP contribution in [0, 0.1) is 11.8 Å². The molecule has 1 aromatic heterocycles. The molecule has 11 heteroatoms. The van der Waals surface area contributed by atoms with Gasteiger partial charge in [0.05, 0.1) is 0 Å². The number of fused-ring (bicyclic) bond motifs is 2. The summed E-state index contributed by atoms with van der Waals surface area (Å²) >= 11 is 0. The van der Waals surface area contributed by atoms with E-state index in [1.54, 1.807) is 17.0 Å². The summed E-state index contributed by atoms with van der Waals surface area (Å²) in [4.78, 5) is 46.0. The highest BCUT2D eigenvalue weighted by molar-refractivity contribution is 5.91. The first-order chi connectivity index (χ1) is 18.1. The second kappa shape index (κ2) is 10.5. The van der Waals surface area contributed by atoms with Crippen molar-refractivity contribution in [2.75, 3.05) is 32.7 Å². The van der Waals surface area contributed by atoms with E-state index >= 15 is 0 Å². The van der Waals surface area contributed by atoms with Crippen molar-refractivity contribution in [3.05, 3.63) is 69.6 Å². The quantitative estimate of drug-likeness (QED) is 0.615. The van der Waals surface area contributed by atoms with E-state index in [2.05, 4.69) is 9.72 Å². The summed E-state index contributed by atoms with van der Waals surface area (Å²) in [7, 11) is 0. The summed E-state index contributed by atoms with van der Waals surface area (Å²) in [6.45, 7) is 3.59. The zero-order valence-corrected chi connectivity index (χ0v) is 20.7. The van der Waals surface area contributed by atoms with E-state index in [-0.39, 0.29) is 23.2 Å². The standard InChI is InChI=1S/C27H29F3N4O4/c28-27(29,30)38-22-5-1-18(2-6-22)3-8-25(36)32-12-9-19-15-34(16-20(19)10-13-32)26(37)33-14-11-23-21(17-33)4-7-24(35)31-23/h1-8,19-20H,9-17H2,(H,31,35)/t19-,20+. The molecule has 1 aromatic carbocycles. The number of halogens is 3. The molecule has 38 heavy (non-hydrogen) atoms. The summed E-state index contributed by atoms with van der Waals surface area (Å²) in [6, 6.07) is 8.65. The number of ether oxygens (including phenoxy) is 1. The van der Waals surface area contributed by atoms with Crippen LogP contribution in [-0.4, -0.2) is 70.7 Å². The number of hydrogen-bond donors (Lipinski definition) is 1. The Balaban J connectivity index is 1.12. The number of alkyl halides is 3. The second-order valence-electron chi connectivity index (χ2n) is 10.1. The predicted octanol–water partition coefficient (Wildman–Crippen LogP) is 3.64. The average molecular weight is 531 g/mol. The van der Waals surface area contributed by atoms with Crippen molar-refractivity contribution in [1.82, 2.24) is 19.7 Å². The minimum Gasteiger partial charge on any atom is -0.406 e. The number of urea groups is 1. The van der Waals surface area contributed by atoms with Crippen LogP contribution in [0.25, 0.3) is 6.08 Å². The number of H-pyrrole nitrogens is 1. The number of rotatable bonds is 3. The highest BCUT2D eigenvalue weighted by atomic mass is 19.4. The largest absolute Gasteiger partial charge is 0.573 e. The zero-order chi connectivity index (χ0) is 26.9. The molecule has 3 aliphatic heterocycles. The fraction of sp³-hybridized carbons (Fsp3) is 0.444. The van der Waals surface area contributed by atoms with Gasteiger partial charge in [-0.15, -0.1) is 13.2 Å². The van der Waals surface area contributed by atoms with Gasteiger partial charge in [0.1, 0.15) is 5.75 Å². The molecule has 0 bridgehead atoms. The normalized spacial score (nSPS) is 21.7. The number of amides is 3. The monoisotopic (exact) mass is 530 g/mol. The lowest BCUT2D eigenvalue weighted by Crippen LogP contribution is -2.45. The minimum atomic E-state index is -4.74. The Morgan fingerprint density at radius 3 is 2.26 bits per heavy atom. The molecule has 202 valence electrons. The van der Waals surface area contributed by atoms with Crippen LogP contribution in [0.2, 0.25) is 0 Å². The molecule has 2 atom stereocenters. The van der Waals surface area contributed by atoms with Crippen molar-refractivity contribution in [1.29, 1.82) is 0 Å². The van der Waals surface area contributed by atoms with Gasteiger partial charge in [0, 0.05) is 63.5 Å². The van der Waals surface area contributed by atoms with Gasteiger partial charge in [-0.3, -0.25) is 9.59 Å². The summed E-state index contributed by atoms with van der Waals surface area (Å²) in [5.41, 5.74) is 2.35. The summed E-state index contributed by atoms with van der Waals surface area (Å²) in [5.74, 6) is 0.207. The zero-order valence-electron chi connectivity index (χ0n) is 20.7. The Morgan fingerprint density at radius 1 is 0.921 bits per heavy atom. The third-order valence-corrected chi connectivity index (χ3v) is 7.59. The van der Waals surface area contributed by atoms with E-state index in [9.17, 15) is 27.6 Å². The van der Waals surface area contributed by atoms with Gasteiger partial charge in [0.25, 0.3) is 0 Å². The maximum atomic E-state index is 13.2. The van der Waals surface area contributed by atoms with Crippen molar-refractivity contribution in [3.8, 4) is 5.75 Å². The summed E-state index contributed by atoms with van der Waals surface area (Å²) in [5, 5.41) is 0. The third-order valence-electron chi connectivity index (χ3n) is 7.59. The van der Waals surface area contributed by atoms with Gasteiger partial charge in [-0.1, -0.05) is 18.2 Å². The van der Waals surface area contributed by atoms with Crippen LogP contribution in [0.15, 0.2) is 47.3 Å². The lowest BCUT2D eigenvalue weighted by atomic mass is 9.92. The number of pyridine rings is 1. The first kappa shape index (κ1) is 25.9. The highest BCUT2D eigenvalue weighted by Crippen LogP contribution is 2.33. The molecule has 2 fully saturated rings. The number of benzene rings is 1. The van der Waals surface area contributed by atoms with Crippen LogP contribution in [0.3, 0.4) is 0 Å². The number of nitrogens with zero attached hydrogens (tertiary/aromatic N) is 3. The smallest absolute Gasteiger partial charge is 0.406 e. The molecule has 0 unspecified atom stereocenters. The molecule has 4 heterocycles. The van der Waals surface area contributed by atoms with Crippen LogP contribution in [0.5, 0.6) is 5.75 Å². The van der Waals surface area contributed by atoms with Crippen molar-refractivity contribution in [2.45, 2.75) is 32.2 Å². The number of nitrogens with one attached hydrogen (secondary N) is 1. The van der Waals surface area contributed by atoms with Gasteiger partial charge >= 0.3 is 12.4 Å². The Kier molecular flexibility index (Phi) is 7.18. The summed E-state index contributed by atoms with van der Waals surface area (Å²) < 4.78 is 40.8. The van der Waals surface area contributed by atoms with Crippen molar-refractivity contribution < 1.29 is 27.5 Å². The van der Waals surface area contributed by atoms with Crippen LogP contribution in [0.4, 0.5) is 18.0 Å². The number of hydrogen-bond acceptors (Lipinski definition) is 4. The Labute approximate surface area is 217 Å². The molecule has 0 saturated carbocycles. The van der Waals surface area contributed by atoms with Crippen LogP contribution < -0.4 is 10.3 Å². The van der Waals surface area contributed by atoms with Gasteiger partial charge in [-0.2, -0.15) is 0 Å². The number of likely N-dealkylation sites (tertiary alicyclic amines) is 2. The Bertz CT molecular complexity index is 1260. The average Bonchev–Trinajstić information content (AvgIpc) is 3.19. The van der Waals surface area contributed by atoms with E-state index < -0.39 is 6.36 Å². The van der Waals surface area contributed by atoms with Crippen molar-refractivity contribution in [2.24, 2.45) is 11.8 Å². The van der Waals surface area contributed by atoms with Gasteiger partial charge in [-0.05, 0) is 54.0 Å². The Morgan fingerprint density at radius 2 is 1.61 bits per heavy atom. The fourth-order valence-electron chi connectivity index (χ4n) is 5.59. The maximum absolute atomic E-state index is 13.2. The molecule has 8 nitrogen and oxygen atoms in total. The van der Waals surface area contributed by atoms with Crippen LogP contribution in [-0.2, 0) is 17.8 Å². The molecule has 5 rings (SSSR count). The fourth-order valence-corrected chi connectivity index (χ4v) is 5.59. The van der Waals surface area contributed by atoms with E-state index in [1.807, 2.05) is 9.80 Å². The Hall–Kier alpha value is -3.76. The topological polar surface area (TPSA) is 85.9 Å². The molecule has 3 aliphatic rings. The number of carbonyl (C=O) groups excluding carboxylic acids is 2. The van der Waals surface area contributed by atoms with Gasteiger partial charge < -0.3 is 24.4 Å². The second-order valence-corrected chi connectivity index (χ2v) is 10.1. The van der Waals surface area contributed by atoms with E-state index in [1.165, 1.54) is 36.4 Å². The molecular weight excluding hydrogens is 501 g/mol. The molecule has 0 aliphatic carbocycles. The molecule has 0 radical (unpaired) electrons.